The Morgan fingerprint density at radius 3 is 2.56 bits per heavy atom. The molecule has 0 aliphatic carbocycles. The first-order chi connectivity index (χ1) is 8.43. The lowest BCUT2D eigenvalue weighted by Gasteiger charge is -2.17. The largest absolute Gasteiger partial charge is 0.467 e. The molecule has 7 nitrogen and oxygen atoms in total. The first-order valence-electron chi connectivity index (χ1n) is 5.60. The number of hydrogen-bond acceptors (Lipinski definition) is 4. The van der Waals surface area contributed by atoms with Gasteiger partial charge in [-0.25, -0.2) is 9.59 Å². The summed E-state index contributed by atoms with van der Waals surface area (Å²) < 4.78 is 4.62. The lowest BCUT2D eigenvalue weighted by atomic mass is 10.0. The molecule has 0 aromatic carbocycles. The van der Waals surface area contributed by atoms with Gasteiger partial charge in [-0.15, -0.1) is 0 Å². The van der Waals surface area contributed by atoms with E-state index in [0.29, 0.717) is 6.42 Å². The number of hydrogen-bond donors (Lipinski definition) is 3. The van der Waals surface area contributed by atoms with Crippen LogP contribution in [-0.2, 0) is 9.53 Å². The number of aromatic nitrogens is 2. The quantitative estimate of drug-likeness (QED) is 0.645. The van der Waals surface area contributed by atoms with E-state index in [1.54, 1.807) is 0 Å². The van der Waals surface area contributed by atoms with E-state index in [1.165, 1.54) is 13.3 Å². The summed E-state index contributed by atoms with van der Waals surface area (Å²) in [6.45, 7) is 3.86. The smallest absolute Gasteiger partial charge is 0.328 e. The number of aromatic amines is 2. The van der Waals surface area contributed by atoms with Gasteiger partial charge >= 0.3 is 11.7 Å². The Kier molecular flexibility index (Phi) is 4.70. The average molecular weight is 255 g/mol. The normalized spacial score (nSPS) is 12.2. The second-order valence-electron chi connectivity index (χ2n) is 4.34. The molecule has 0 saturated carbocycles. The highest BCUT2D eigenvalue weighted by Crippen LogP contribution is 2.06. The van der Waals surface area contributed by atoms with Gasteiger partial charge in [0.2, 0.25) is 0 Å². The highest BCUT2D eigenvalue weighted by molar-refractivity contribution is 5.94. The number of H-pyrrole nitrogens is 2. The van der Waals surface area contributed by atoms with Crippen LogP contribution in [0, 0.1) is 5.92 Å². The van der Waals surface area contributed by atoms with Crippen LogP contribution >= 0.6 is 0 Å². The van der Waals surface area contributed by atoms with E-state index in [1.807, 2.05) is 13.8 Å². The molecule has 1 aromatic rings. The lowest BCUT2D eigenvalue weighted by Crippen LogP contribution is -2.42. The molecule has 7 heteroatoms. The van der Waals surface area contributed by atoms with E-state index in [2.05, 4.69) is 20.0 Å². The molecule has 0 aliphatic rings. The van der Waals surface area contributed by atoms with Crippen molar-refractivity contribution in [3.8, 4) is 0 Å². The number of carbonyl (C=O) groups excluding carboxylic acids is 2. The minimum atomic E-state index is -0.721. The van der Waals surface area contributed by atoms with Crippen LogP contribution in [-0.4, -0.2) is 35.0 Å². The molecule has 3 N–H and O–H groups in total. The van der Waals surface area contributed by atoms with Crippen molar-refractivity contribution in [3.05, 3.63) is 22.4 Å². The number of rotatable bonds is 5. The van der Waals surface area contributed by atoms with Gasteiger partial charge in [0, 0.05) is 6.20 Å². The molecule has 0 aliphatic heterocycles. The van der Waals surface area contributed by atoms with Gasteiger partial charge < -0.3 is 20.0 Å². The molecule has 100 valence electrons. The zero-order chi connectivity index (χ0) is 13.7. The van der Waals surface area contributed by atoms with Crippen molar-refractivity contribution in [1.82, 2.24) is 15.3 Å². The van der Waals surface area contributed by atoms with E-state index < -0.39 is 23.6 Å². The molecule has 18 heavy (non-hydrogen) atoms. The van der Waals surface area contributed by atoms with Gasteiger partial charge in [0.15, 0.2) is 0 Å². The monoisotopic (exact) mass is 255 g/mol. The highest BCUT2D eigenvalue weighted by atomic mass is 16.5. The van der Waals surface area contributed by atoms with E-state index in [0.717, 1.165) is 0 Å². The Bertz CT molecular complexity index is 475. The standard InChI is InChI=1S/C11H17N3O4/c1-6(2)4-7(10(16)18-3)13-9(15)8-5-12-11(17)14-8/h5-7H,4H2,1-3H3,(H,13,15)(H2,12,14,17). The predicted octanol–water partition coefficient (Wildman–Crippen LogP) is 0.0205. The Morgan fingerprint density at radius 1 is 1.44 bits per heavy atom. The Labute approximate surface area is 104 Å². The minimum Gasteiger partial charge on any atom is -0.467 e. The van der Waals surface area contributed by atoms with Crippen molar-refractivity contribution in [2.75, 3.05) is 7.11 Å². The van der Waals surface area contributed by atoms with Crippen molar-refractivity contribution in [1.29, 1.82) is 0 Å². The number of esters is 1. The molecular formula is C11H17N3O4. The summed E-state index contributed by atoms with van der Waals surface area (Å²) in [7, 11) is 1.26. The van der Waals surface area contributed by atoms with E-state index in [4.69, 9.17) is 0 Å². The molecule has 0 spiro atoms. The van der Waals surface area contributed by atoms with Crippen molar-refractivity contribution >= 4 is 11.9 Å². The van der Waals surface area contributed by atoms with E-state index in [9.17, 15) is 14.4 Å². The van der Waals surface area contributed by atoms with Gasteiger partial charge in [0.05, 0.1) is 7.11 Å². The number of ether oxygens (including phenoxy) is 1. The molecule has 0 saturated heterocycles. The van der Waals surface area contributed by atoms with Gasteiger partial charge in [0.25, 0.3) is 5.91 Å². The second-order valence-corrected chi connectivity index (χ2v) is 4.34. The molecular weight excluding hydrogens is 238 g/mol. The van der Waals surface area contributed by atoms with Gasteiger partial charge in [-0.3, -0.25) is 4.79 Å². The molecule has 0 bridgehead atoms. The predicted molar refractivity (Wildman–Crippen MR) is 64.1 cm³/mol. The molecule has 0 fully saturated rings. The summed E-state index contributed by atoms with van der Waals surface area (Å²) in [5, 5.41) is 2.53. The van der Waals surface area contributed by atoms with Crippen LogP contribution in [0.3, 0.4) is 0 Å². The van der Waals surface area contributed by atoms with Crippen molar-refractivity contribution in [3.63, 3.8) is 0 Å². The summed E-state index contributed by atoms with van der Waals surface area (Å²) >= 11 is 0. The summed E-state index contributed by atoms with van der Waals surface area (Å²) in [6.07, 6.45) is 1.72. The second kappa shape index (κ2) is 6.04. The zero-order valence-corrected chi connectivity index (χ0v) is 10.6. The van der Waals surface area contributed by atoms with Crippen LogP contribution in [0.15, 0.2) is 11.0 Å². The summed E-state index contributed by atoms with van der Waals surface area (Å²) in [4.78, 5) is 38.8. The Hall–Kier alpha value is -2.05. The van der Waals surface area contributed by atoms with Crippen LogP contribution in [0.2, 0.25) is 0 Å². The zero-order valence-electron chi connectivity index (χ0n) is 10.6. The number of imidazole rings is 1. The first kappa shape index (κ1) is 14.0. The summed E-state index contributed by atoms with van der Waals surface area (Å²) in [6, 6.07) is -0.721. The fourth-order valence-electron chi connectivity index (χ4n) is 1.52. The van der Waals surface area contributed by atoms with Crippen molar-refractivity contribution in [2.24, 2.45) is 5.92 Å². The van der Waals surface area contributed by atoms with Gasteiger partial charge in [-0.05, 0) is 12.3 Å². The molecule has 1 rings (SSSR count). The highest BCUT2D eigenvalue weighted by Gasteiger charge is 2.23. The summed E-state index contributed by atoms with van der Waals surface area (Å²) in [5.74, 6) is -0.806. The Balaban J connectivity index is 2.74. The van der Waals surface area contributed by atoms with E-state index in [-0.39, 0.29) is 11.6 Å². The SMILES string of the molecule is COC(=O)C(CC(C)C)NC(=O)c1c[nH]c(=O)[nH]1. The summed E-state index contributed by atoms with van der Waals surface area (Å²) in [5.41, 5.74) is -0.392. The van der Waals surface area contributed by atoms with Crippen molar-refractivity contribution in [2.45, 2.75) is 26.3 Å². The maximum Gasteiger partial charge on any atom is 0.328 e. The molecule has 1 unspecified atom stereocenters. The van der Waals surface area contributed by atoms with Crippen LogP contribution in [0.1, 0.15) is 30.8 Å². The molecule has 1 aromatic heterocycles. The minimum absolute atomic E-state index is 0.0812. The van der Waals surface area contributed by atoms with Gasteiger partial charge in [-0.1, -0.05) is 13.8 Å². The molecule has 1 amide bonds. The molecule has 1 heterocycles. The number of nitrogens with one attached hydrogen (secondary N) is 3. The molecule has 1 atom stereocenters. The lowest BCUT2D eigenvalue weighted by molar-refractivity contribution is -0.143. The van der Waals surface area contributed by atoms with Gasteiger partial charge in [0.1, 0.15) is 11.7 Å². The van der Waals surface area contributed by atoms with E-state index >= 15 is 0 Å². The third-order valence-electron chi connectivity index (χ3n) is 2.34. The maximum atomic E-state index is 11.8. The Morgan fingerprint density at radius 2 is 2.11 bits per heavy atom. The van der Waals surface area contributed by atoms with Crippen molar-refractivity contribution < 1.29 is 14.3 Å². The number of carbonyl (C=O) groups is 2. The fraction of sp³-hybridized carbons (Fsp3) is 0.545. The van der Waals surface area contributed by atoms with Crippen LogP contribution in [0.5, 0.6) is 0 Å². The third kappa shape index (κ3) is 3.76. The maximum absolute atomic E-state index is 11.8. The molecule has 0 radical (unpaired) electrons. The van der Waals surface area contributed by atoms with Crippen LogP contribution < -0.4 is 11.0 Å². The number of amides is 1. The number of methoxy groups -OCH3 is 1. The topological polar surface area (TPSA) is 104 Å². The first-order valence-corrected chi connectivity index (χ1v) is 5.60. The van der Waals surface area contributed by atoms with Crippen LogP contribution in [0.25, 0.3) is 0 Å². The average Bonchev–Trinajstić information content (AvgIpc) is 2.73. The fourth-order valence-corrected chi connectivity index (χ4v) is 1.52. The van der Waals surface area contributed by atoms with Crippen LogP contribution in [0.4, 0.5) is 0 Å². The third-order valence-corrected chi connectivity index (χ3v) is 2.34. The van der Waals surface area contributed by atoms with Gasteiger partial charge in [-0.2, -0.15) is 0 Å².